The fourth-order valence-electron chi connectivity index (χ4n) is 2.55. The molecule has 2 aromatic carbocycles. The minimum Gasteiger partial charge on any atom is -0.358 e. The van der Waals surface area contributed by atoms with Crippen LogP contribution in [0.5, 0.6) is 0 Å². The Bertz CT molecular complexity index is 867. The molecule has 5 heteroatoms. The van der Waals surface area contributed by atoms with Crippen LogP contribution in [-0.2, 0) is 6.54 Å². The molecule has 0 aliphatic rings. The zero-order valence-corrected chi connectivity index (χ0v) is 14.6. The largest absolute Gasteiger partial charge is 0.358 e. The molecule has 0 saturated heterocycles. The highest BCUT2D eigenvalue weighted by atomic mass is 32.1. The van der Waals surface area contributed by atoms with Gasteiger partial charge in [0, 0.05) is 35.8 Å². The predicted octanol–water partition coefficient (Wildman–Crippen LogP) is 3.82. The van der Waals surface area contributed by atoms with Gasteiger partial charge >= 0.3 is 0 Å². The smallest absolute Gasteiger partial charge is 0.189 e. The Labute approximate surface area is 147 Å². The quantitative estimate of drug-likeness (QED) is 0.432. The topological polar surface area (TPSA) is 43.4 Å². The number of hydrogen-bond acceptors (Lipinski definition) is 2. The molecule has 0 unspecified atom stereocenters. The van der Waals surface area contributed by atoms with Crippen LogP contribution >= 0.6 is 12.2 Å². The third kappa shape index (κ3) is 3.63. The van der Waals surface area contributed by atoms with Gasteiger partial charge in [0.15, 0.2) is 5.11 Å². The number of para-hydroxylation sites is 1. The lowest BCUT2D eigenvalue weighted by Gasteiger charge is -2.15. The lowest BCUT2D eigenvalue weighted by atomic mass is 10.1. The van der Waals surface area contributed by atoms with E-state index in [0.29, 0.717) is 11.7 Å². The zero-order chi connectivity index (χ0) is 16.9. The molecule has 122 valence electrons. The third-order valence-electron chi connectivity index (χ3n) is 3.88. The van der Waals surface area contributed by atoms with E-state index < -0.39 is 0 Å². The summed E-state index contributed by atoms with van der Waals surface area (Å²) in [4.78, 5) is 3.37. The predicted molar refractivity (Wildman–Crippen MR) is 104 cm³/mol. The van der Waals surface area contributed by atoms with E-state index in [9.17, 15) is 0 Å². The lowest BCUT2D eigenvalue weighted by Crippen LogP contribution is -2.33. The van der Waals surface area contributed by atoms with Crippen LogP contribution in [0, 0.1) is 6.92 Å². The number of aromatic amines is 1. The van der Waals surface area contributed by atoms with Gasteiger partial charge in [-0.2, -0.15) is 5.10 Å². The molecule has 0 fully saturated rings. The van der Waals surface area contributed by atoms with Crippen LogP contribution in [0.2, 0.25) is 0 Å². The molecule has 0 spiro atoms. The minimum absolute atomic E-state index is 0.590. The molecule has 1 aromatic heterocycles. The number of thiocarbonyl (C=S) groups is 1. The van der Waals surface area contributed by atoms with Crippen molar-refractivity contribution in [3.63, 3.8) is 0 Å². The maximum Gasteiger partial charge on any atom is 0.189 e. The summed E-state index contributed by atoms with van der Waals surface area (Å²) < 4.78 is 0. The number of nitrogens with one attached hydrogen (secondary N) is 2. The molecule has 0 amide bonds. The Morgan fingerprint density at radius 2 is 1.88 bits per heavy atom. The van der Waals surface area contributed by atoms with Crippen LogP contribution in [0.3, 0.4) is 0 Å². The fourth-order valence-corrected chi connectivity index (χ4v) is 2.67. The van der Waals surface area contributed by atoms with E-state index in [4.69, 9.17) is 12.2 Å². The number of hydrogen-bond donors (Lipinski definition) is 2. The minimum atomic E-state index is 0.590. The van der Waals surface area contributed by atoms with Crippen molar-refractivity contribution in [2.75, 3.05) is 7.05 Å². The third-order valence-corrected chi connectivity index (χ3v) is 4.29. The van der Waals surface area contributed by atoms with Crippen molar-refractivity contribution in [3.05, 3.63) is 71.4 Å². The van der Waals surface area contributed by atoms with E-state index >= 15 is 0 Å². The van der Waals surface area contributed by atoms with E-state index in [-0.39, 0.29) is 0 Å². The van der Waals surface area contributed by atoms with E-state index in [1.165, 1.54) is 5.56 Å². The molecular formula is C19H20N4S. The standard InChI is InChI=1S/C19H20N4S/c1-14-17(16-10-6-7-11-18(16)22-14)13-21-23(2)19(24)20-12-15-8-4-3-5-9-15/h3-11,13,22H,12H2,1-2H3,(H,20,24)/b21-13+. The van der Waals surface area contributed by atoms with Crippen LogP contribution in [0.1, 0.15) is 16.8 Å². The number of rotatable bonds is 4. The number of aromatic nitrogens is 1. The van der Waals surface area contributed by atoms with Crippen molar-refractivity contribution < 1.29 is 0 Å². The van der Waals surface area contributed by atoms with E-state index in [1.807, 2.05) is 50.5 Å². The molecule has 0 aliphatic heterocycles. The highest BCUT2D eigenvalue weighted by Gasteiger charge is 2.07. The highest BCUT2D eigenvalue weighted by molar-refractivity contribution is 7.80. The molecule has 4 nitrogen and oxygen atoms in total. The molecule has 3 rings (SSSR count). The number of nitrogens with zero attached hydrogens (tertiary/aromatic N) is 2. The van der Waals surface area contributed by atoms with E-state index in [1.54, 1.807) is 5.01 Å². The number of H-pyrrole nitrogens is 1. The Balaban J connectivity index is 1.67. The maximum absolute atomic E-state index is 5.39. The monoisotopic (exact) mass is 336 g/mol. The molecule has 0 bridgehead atoms. The second-order valence-corrected chi connectivity index (χ2v) is 6.01. The van der Waals surface area contributed by atoms with Gasteiger partial charge in [-0.1, -0.05) is 48.5 Å². The first kappa shape index (κ1) is 16.2. The van der Waals surface area contributed by atoms with E-state index in [0.717, 1.165) is 22.2 Å². The summed E-state index contributed by atoms with van der Waals surface area (Å²) in [5.41, 5.74) is 4.48. The Hall–Kier alpha value is -2.66. The van der Waals surface area contributed by atoms with Crippen molar-refractivity contribution in [2.45, 2.75) is 13.5 Å². The Kier molecular flexibility index (Phi) is 4.91. The molecule has 0 atom stereocenters. The molecule has 24 heavy (non-hydrogen) atoms. The van der Waals surface area contributed by atoms with Crippen molar-refractivity contribution in [1.82, 2.24) is 15.3 Å². The number of benzene rings is 2. The second kappa shape index (κ2) is 7.27. The fraction of sp³-hybridized carbons (Fsp3) is 0.158. The van der Waals surface area contributed by atoms with Crippen LogP contribution in [-0.4, -0.2) is 28.4 Å². The molecule has 3 aromatic rings. The van der Waals surface area contributed by atoms with Gasteiger partial charge < -0.3 is 10.3 Å². The number of aryl methyl sites for hydroxylation is 1. The molecule has 0 aliphatic carbocycles. The molecule has 0 radical (unpaired) electrons. The Morgan fingerprint density at radius 1 is 1.17 bits per heavy atom. The molecular weight excluding hydrogens is 316 g/mol. The summed E-state index contributed by atoms with van der Waals surface area (Å²) in [5, 5.41) is 11.1. The highest BCUT2D eigenvalue weighted by Crippen LogP contribution is 2.20. The summed E-state index contributed by atoms with van der Waals surface area (Å²) in [6.07, 6.45) is 1.85. The summed E-state index contributed by atoms with van der Waals surface area (Å²) in [7, 11) is 1.85. The van der Waals surface area contributed by atoms with Crippen LogP contribution in [0.4, 0.5) is 0 Å². The zero-order valence-electron chi connectivity index (χ0n) is 13.8. The first-order valence-corrected chi connectivity index (χ1v) is 8.23. The van der Waals surface area contributed by atoms with Gasteiger partial charge in [-0.05, 0) is 30.8 Å². The molecule has 0 saturated carbocycles. The average Bonchev–Trinajstić information content (AvgIpc) is 2.93. The van der Waals surface area contributed by atoms with Gasteiger partial charge in [0.25, 0.3) is 0 Å². The molecule has 2 N–H and O–H groups in total. The summed E-state index contributed by atoms with van der Waals surface area (Å²) in [6.45, 7) is 2.74. The average molecular weight is 336 g/mol. The Morgan fingerprint density at radius 3 is 2.67 bits per heavy atom. The van der Waals surface area contributed by atoms with Gasteiger partial charge in [0.05, 0.1) is 6.21 Å². The van der Waals surface area contributed by atoms with Crippen LogP contribution in [0.15, 0.2) is 59.7 Å². The summed E-state index contributed by atoms with van der Waals surface area (Å²) in [6, 6.07) is 18.4. The summed E-state index contributed by atoms with van der Waals surface area (Å²) in [5.74, 6) is 0. The van der Waals surface area contributed by atoms with Crippen molar-refractivity contribution in [3.8, 4) is 0 Å². The van der Waals surface area contributed by atoms with Crippen LogP contribution in [0.25, 0.3) is 10.9 Å². The SMILES string of the molecule is Cc1[nH]c2ccccc2c1/C=N/N(C)C(=S)NCc1ccccc1. The van der Waals surface area contributed by atoms with Crippen molar-refractivity contribution >= 4 is 34.4 Å². The van der Waals surface area contributed by atoms with Gasteiger partial charge in [-0.25, -0.2) is 5.01 Å². The van der Waals surface area contributed by atoms with Gasteiger partial charge in [-0.15, -0.1) is 0 Å². The second-order valence-electron chi connectivity index (χ2n) is 5.62. The van der Waals surface area contributed by atoms with Crippen molar-refractivity contribution in [1.29, 1.82) is 0 Å². The summed E-state index contributed by atoms with van der Waals surface area (Å²) >= 11 is 5.39. The maximum atomic E-state index is 5.39. The van der Waals surface area contributed by atoms with Crippen molar-refractivity contribution in [2.24, 2.45) is 5.10 Å². The van der Waals surface area contributed by atoms with Gasteiger partial charge in [0.2, 0.25) is 0 Å². The molecule has 1 heterocycles. The number of fused-ring (bicyclic) bond motifs is 1. The van der Waals surface area contributed by atoms with Gasteiger partial charge in [-0.3, -0.25) is 0 Å². The van der Waals surface area contributed by atoms with Gasteiger partial charge in [0.1, 0.15) is 0 Å². The first-order valence-electron chi connectivity index (χ1n) is 7.82. The lowest BCUT2D eigenvalue weighted by molar-refractivity contribution is 0.532. The van der Waals surface area contributed by atoms with Crippen LogP contribution < -0.4 is 5.32 Å². The van der Waals surface area contributed by atoms with E-state index in [2.05, 4.69) is 39.7 Å². The number of hydrazone groups is 1. The normalized spacial score (nSPS) is 11.1. The first-order chi connectivity index (χ1) is 11.6.